The average Bonchev–Trinajstić information content (AvgIpc) is 3.62. The van der Waals surface area contributed by atoms with Crippen LogP contribution in [0.3, 0.4) is 0 Å². The van der Waals surface area contributed by atoms with Gasteiger partial charge < -0.3 is 25.0 Å². The normalized spacial score (nSPS) is 14.8. The van der Waals surface area contributed by atoms with Crippen molar-refractivity contribution in [2.75, 3.05) is 32.1 Å². The van der Waals surface area contributed by atoms with E-state index in [9.17, 15) is 14.7 Å². The monoisotopic (exact) mass is 558 g/mol. The van der Waals surface area contributed by atoms with E-state index in [1.807, 2.05) is 41.3 Å². The number of nitrogens with one attached hydrogen (secondary N) is 1. The fraction of sp³-hybridized carbons (Fsp3) is 0.323. The Hall–Kier alpha value is -4.11. The lowest BCUT2D eigenvalue weighted by Crippen LogP contribution is -2.40. The number of aromatic nitrogens is 1. The van der Waals surface area contributed by atoms with Gasteiger partial charge in [0.1, 0.15) is 11.6 Å². The van der Waals surface area contributed by atoms with Crippen molar-refractivity contribution in [3.05, 3.63) is 78.4 Å². The first-order valence-corrected chi connectivity index (χ1v) is 14.4. The van der Waals surface area contributed by atoms with Crippen LogP contribution >= 0.6 is 11.5 Å². The van der Waals surface area contributed by atoms with Crippen LogP contribution < -0.4 is 10.1 Å². The maximum absolute atomic E-state index is 13.5. The van der Waals surface area contributed by atoms with Gasteiger partial charge in [0.2, 0.25) is 5.91 Å². The highest BCUT2D eigenvalue weighted by atomic mass is 32.1. The van der Waals surface area contributed by atoms with Crippen molar-refractivity contribution in [2.24, 2.45) is 0 Å². The number of methoxy groups -OCH3 is 1. The molecule has 2 heterocycles. The molecule has 1 fully saturated rings. The fourth-order valence-corrected chi connectivity index (χ4v) is 5.97. The molecule has 9 heteroatoms. The number of ether oxygens (including phenoxy) is 1. The molecular weight excluding hydrogens is 524 g/mol. The van der Waals surface area contributed by atoms with E-state index >= 15 is 0 Å². The predicted molar refractivity (Wildman–Crippen MR) is 159 cm³/mol. The molecule has 40 heavy (non-hydrogen) atoms. The Morgan fingerprint density at radius 3 is 2.52 bits per heavy atom. The van der Waals surface area contributed by atoms with Crippen LogP contribution in [0.5, 0.6) is 5.75 Å². The molecule has 0 saturated carbocycles. The quantitative estimate of drug-likeness (QED) is 0.209. The number of fused-ring (bicyclic) bond motifs is 1. The van der Waals surface area contributed by atoms with Crippen molar-refractivity contribution in [1.82, 2.24) is 14.2 Å². The number of carbonyl (C=O) groups excluding carboxylic acids is 1. The smallest absolute Gasteiger partial charge is 0.407 e. The average molecular weight is 559 g/mol. The third kappa shape index (κ3) is 6.54. The number of nitrogens with zero attached hydrogens (tertiary/aromatic N) is 3. The van der Waals surface area contributed by atoms with Gasteiger partial charge in [-0.2, -0.15) is 4.37 Å². The maximum Gasteiger partial charge on any atom is 0.407 e. The van der Waals surface area contributed by atoms with Crippen LogP contribution in [-0.2, 0) is 11.3 Å². The summed E-state index contributed by atoms with van der Waals surface area (Å²) in [6.45, 7) is 2.21. The van der Waals surface area contributed by atoms with Crippen LogP contribution in [0.4, 0.5) is 10.6 Å². The van der Waals surface area contributed by atoms with Gasteiger partial charge in [0.15, 0.2) is 0 Å². The van der Waals surface area contributed by atoms with Gasteiger partial charge >= 0.3 is 6.09 Å². The van der Waals surface area contributed by atoms with Gasteiger partial charge in [-0.15, -0.1) is 0 Å². The number of benzene rings is 3. The Morgan fingerprint density at radius 1 is 1.07 bits per heavy atom. The summed E-state index contributed by atoms with van der Waals surface area (Å²) >= 11 is 1.47. The summed E-state index contributed by atoms with van der Waals surface area (Å²) < 4.78 is 10.9. The zero-order chi connectivity index (χ0) is 27.9. The SMILES string of the molecule is COc1ccc(-c2ccc(CN(CCCNc3nsc4ccccc34)C(=O)CC3CCCN3C(=O)O)cc2)cc1. The minimum absolute atomic E-state index is 0.0171. The van der Waals surface area contributed by atoms with Crippen molar-refractivity contribution in [1.29, 1.82) is 0 Å². The third-order valence-electron chi connectivity index (χ3n) is 7.41. The Kier molecular flexibility index (Phi) is 8.81. The highest BCUT2D eigenvalue weighted by Crippen LogP contribution is 2.27. The molecule has 1 unspecified atom stereocenters. The molecule has 0 aliphatic carbocycles. The number of rotatable bonds is 11. The second kappa shape index (κ2) is 12.8. The summed E-state index contributed by atoms with van der Waals surface area (Å²) in [5.74, 6) is 1.67. The molecule has 2 amide bonds. The van der Waals surface area contributed by atoms with E-state index in [1.54, 1.807) is 7.11 Å². The number of anilines is 1. The second-order valence-electron chi connectivity index (χ2n) is 10.0. The summed E-state index contributed by atoms with van der Waals surface area (Å²) in [7, 11) is 1.65. The Labute approximate surface area is 238 Å². The number of amides is 2. The van der Waals surface area contributed by atoms with E-state index in [0.717, 1.165) is 57.6 Å². The van der Waals surface area contributed by atoms with Crippen LogP contribution in [0.25, 0.3) is 21.2 Å². The molecule has 1 aliphatic rings. The van der Waals surface area contributed by atoms with Crippen molar-refractivity contribution in [3.63, 3.8) is 0 Å². The zero-order valence-electron chi connectivity index (χ0n) is 22.6. The molecule has 0 bridgehead atoms. The van der Waals surface area contributed by atoms with Gasteiger partial charge in [-0.3, -0.25) is 4.79 Å². The molecule has 4 aromatic rings. The zero-order valence-corrected chi connectivity index (χ0v) is 23.4. The molecule has 5 rings (SSSR count). The first kappa shape index (κ1) is 27.5. The van der Waals surface area contributed by atoms with Crippen molar-refractivity contribution < 1.29 is 19.4 Å². The van der Waals surface area contributed by atoms with Gasteiger partial charge in [-0.25, -0.2) is 4.79 Å². The molecular formula is C31H34N4O4S. The predicted octanol–water partition coefficient (Wildman–Crippen LogP) is 6.34. The van der Waals surface area contributed by atoms with E-state index in [1.165, 1.54) is 16.4 Å². The number of hydrogen-bond acceptors (Lipinski definition) is 6. The standard InChI is InChI=1S/C31H34N4O4S/c1-39-26-15-13-24(14-16-26)23-11-9-22(10-12-23)21-34(29(36)20-25-6-4-19-35(25)31(37)38)18-5-17-32-30-27-7-2-3-8-28(27)40-33-30/h2-3,7-16,25H,4-6,17-21H2,1H3,(H,32,33)(H,37,38). The minimum atomic E-state index is -0.948. The van der Waals surface area contributed by atoms with Crippen LogP contribution in [-0.4, -0.2) is 64.1 Å². The van der Waals surface area contributed by atoms with Gasteiger partial charge in [0.05, 0.1) is 11.8 Å². The Morgan fingerprint density at radius 2 is 1.80 bits per heavy atom. The maximum atomic E-state index is 13.5. The largest absolute Gasteiger partial charge is 0.497 e. The van der Waals surface area contributed by atoms with Gasteiger partial charge in [-0.1, -0.05) is 48.5 Å². The minimum Gasteiger partial charge on any atom is -0.497 e. The number of carboxylic acid groups (broad SMARTS) is 1. The van der Waals surface area contributed by atoms with E-state index in [-0.39, 0.29) is 18.4 Å². The number of hydrogen-bond donors (Lipinski definition) is 2. The van der Waals surface area contributed by atoms with Gasteiger partial charge in [-0.05, 0) is 71.8 Å². The lowest BCUT2D eigenvalue weighted by molar-refractivity contribution is -0.132. The summed E-state index contributed by atoms with van der Waals surface area (Å²) in [6, 6.07) is 24.0. The molecule has 1 aromatic heterocycles. The highest BCUT2D eigenvalue weighted by molar-refractivity contribution is 7.13. The van der Waals surface area contributed by atoms with Crippen molar-refractivity contribution >= 4 is 39.4 Å². The van der Waals surface area contributed by atoms with Gasteiger partial charge in [0.25, 0.3) is 0 Å². The molecule has 8 nitrogen and oxygen atoms in total. The first-order chi connectivity index (χ1) is 19.5. The summed E-state index contributed by atoms with van der Waals surface area (Å²) in [5, 5.41) is 14.1. The van der Waals surface area contributed by atoms with Gasteiger partial charge in [0, 0.05) is 44.0 Å². The van der Waals surface area contributed by atoms with E-state index in [2.05, 4.69) is 46.1 Å². The molecule has 1 atom stereocenters. The lowest BCUT2D eigenvalue weighted by atomic mass is 10.0. The van der Waals surface area contributed by atoms with Crippen LogP contribution in [0, 0.1) is 0 Å². The topological polar surface area (TPSA) is 95.0 Å². The van der Waals surface area contributed by atoms with E-state index in [0.29, 0.717) is 26.2 Å². The Balaban J connectivity index is 1.24. The lowest BCUT2D eigenvalue weighted by Gasteiger charge is -2.27. The van der Waals surface area contributed by atoms with Crippen LogP contribution in [0.15, 0.2) is 72.8 Å². The molecule has 1 saturated heterocycles. The summed E-state index contributed by atoms with van der Waals surface area (Å²) in [4.78, 5) is 28.4. The van der Waals surface area contributed by atoms with Crippen molar-refractivity contribution in [3.8, 4) is 16.9 Å². The fourth-order valence-electron chi connectivity index (χ4n) is 5.22. The summed E-state index contributed by atoms with van der Waals surface area (Å²) in [6.07, 6.45) is 1.52. The summed E-state index contributed by atoms with van der Waals surface area (Å²) in [5.41, 5.74) is 3.22. The van der Waals surface area contributed by atoms with E-state index in [4.69, 9.17) is 4.74 Å². The number of likely N-dealkylation sites (tertiary alicyclic amines) is 1. The van der Waals surface area contributed by atoms with Crippen LogP contribution in [0.2, 0.25) is 0 Å². The Bertz CT molecular complexity index is 1440. The molecule has 3 aromatic carbocycles. The van der Waals surface area contributed by atoms with E-state index < -0.39 is 6.09 Å². The molecule has 208 valence electrons. The molecule has 1 aliphatic heterocycles. The van der Waals surface area contributed by atoms with Crippen molar-refractivity contribution in [2.45, 2.75) is 38.3 Å². The number of carbonyl (C=O) groups is 2. The molecule has 0 radical (unpaired) electrons. The first-order valence-electron chi connectivity index (χ1n) is 13.6. The highest BCUT2D eigenvalue weighted by Gasteiger charge is 2.31. The molecule has 0 spiro atoms. The second-order valence-corrected chi connectivity index (χ2v) is 10.8. The third-order valence-corrected chi connectivity index (χ3v) is 8.24. The van der Waals surface area contributed by atoms with Crippen LogP contribution in [0.1, 0.15) is 31.2 Å². The molecule has 2 N–H and O–H groups in total.